The first-order chi connectivity index (χ1) is 9.41. The molecule has 3 heteroatoms. The monoisotopic (exact) mass is 279 g/mol. The van der Waals surface area contributed by atoms with Crippen LogP contribution in [-0.2, 0) is 4.79 Å². The minimum atomic E-state index is -0.0756. The maximum Gasteiger partial charge on any atom is 0.232 e. The third-order valence-electron chi connectivity index (χ3n) is 6.13. The smallest absolute Gasteiger partial charge is 0.232 e. The summed E-state index contributed by atoms with van der Waals surface area (Å²) in [7, 11) is 6.91. The standard InChI is InChI=1S/C17H30N2O/c1-19(2,3)14-16(10-6-4-7-11-16)15(20)18-17(14)12-8-5-9-13-17/h14H,4-13H2,1-3H3/p+1. The largest absolute Gasteiger partial charge is 0.344 e. The molecule has 20 heavy (non-hydrogen) atoms. The highest BCUT2D eigenvalue weighted by Gasteiger charge is 2.67. The number of rotatable bonds is 1. The molecule has 1 unspecified atom stereocenters. The summed E-state index contributed by atoms with van der Waals surface area (Å²) in [5, 5.41) is 3.53. The van der Waals surface area contributed by atoms with Crippen LogP contribution in [0, 0.1) is 5.41 Å². The third-order valence-corrected chi connectivity index (χ3v) is 6.13. The molecular formula is C17H31N2O+. The molecule has 3 nitrogen and oxygen atoms in total. The molecule has 2 spiro atoms. The molecule has 2 saturated carbocycles. The van der Waals surface area contributed by atoms with Crippen molar-refractivity contribution in [3.8, 4) is 0 Å². The summed E-state index contributed by atoms with van der Waals surface area (Å²) < 4.78 is 0.929. The van der Waals surface area contributed by atoms with Crippen molar-refractivity contribution in [2.24, 2.45) is 5.41 Å². The molecule has 1 saturated heterocycles. The van der Waals surface area contributed by atoms with E-state index in [1.165, 1.54) is 51.4 Å². The SMILES string of the molecule is C[N+](C)(C)C1C2(CCCCC2)NC(=O)C12CCCCC2. The van der Waals surface area contributed by atoms with Crippen molar-refractivity contribution in [3.05, 3.63) is 0 Å². The number of nitrogens with one attached hydrogen (secondary N) is 1. The molecule has 0 aromatic carbocycles. The molecule has 1 heterocycles. The van der Waals surface area contributed by atoms with Crippen LogP contribution in [0.3, 0.4) is 0 Å². The number of quaternary nitrogens is 1. The molecular weight excluding hydrogens is 248 g/mol. The molecule has 0 aromatic heterocycles. The second-order valence-electron chi connectivity index (χ2n) is 8.41. The van der Waals surface area contributed by atoms with Gasteiger partial charge in [0.15, 0.2) is 0 Å². The summed E-state index contributed by atoms with van der Waals surface area (Å²) in [6.45, 7) is 0. The number of carbonyl (C=O) groups is 1. The van der Waals surface area contributed by atoms with Crippen LogP contribution in [0.2, 0.25) is 0 Å². The van der Waals surface area contributed by atoms with Crippen molar-refractivity contribution in [2.75, 3.05) is 21.1 Å². The zero-order chi connectivity index (χ0) is 14.4. The van der Waals surface area contributed by atoms with Crippen LogP contribution in [-0.4, -0.2) is 43.1 Å². The molecule has 3 aliphatic rings. The molecule has 0 aromatic rings. The molecule has 3 fully saturated rings. The minimum absolute atomic E-state index is 0.0756. The Balaban J connectivity index is 2.03. The highest BCUT2D eigenvalue weighted by Crippen LogP contribution is 2.54. The van der Waals surface area contributed by atoms with E-state index in [4.69, 9.17) is 0 Å². The number of nitrogens with zero attached hydrogens (tertiary/aromatic N) is 1. The molecule has 1 aliphatic heterocycles. The normalized spacial score (nSPS) is 32.5. The molecule has 1 amide bonds. The van der Waals surface area contributed by atoms with Gasteiger partial charge in [0.05, 0.1) is 26.7 Å². The van der Waals surface area contributed by atoms with Gasteiger partial charge in [-0.1, -0.05) is 38.5 Å². The number of amides is 1. The first-order valence-corrected chi connectivity index (χ1v) is 8.55. The Kier molecular flexibility index (Phi) is 3.39. The summed E-state index contributed by atoms with van der Waals surface area (Å²) >= 11 is 0. The lowest BCUT2D eigenvalue weighted by Crippen LogP contribution is -2.64. The van der Waals surface area contributed by atoms with Crippen LogP contribution in [0.4, 0.5) is 0 Å². The fraction of sp³-hybridized carbons (Fsp3) is 0.941. The summed E-state index contributed by atoms with van der Waals surface area (Å²) in [6, 6.07) is 0.461. The zero-order valence-corrected chi connectivity index (χ0v) is 13.5. The van der Waals surface area contributed by atoms with Gasteiger partial charge in [0.25, 0.3) is 0 Å². The van der Waals surface area contributed by atoms with E-state index < -0.39 is 0 Å². The predicted molar refractivity (Wildman–Crippen MR) is 81.3 cm³/mol. The van der Waals surface area contributed by atoms with Crippen LogP contribution in [0.15, 0.2) is 0 Å². The van der Waals surface area contributed by atoms with Gasteiger partial charge in [-0.05, 0) is 25.7 Å². The van der Waals surface area contributed by atoms with Gasteiger partial charge in [-0.2, -0.15) is 0 Å². The van der Waals surface area contributed by atoms with Crippen molar-refractivity contribution in [2.45, 2.75) is 75.8 Å². The van der Waals surface area contributed by atoms with Crippen molar-refractivity contribution >= 4 is 5.91 Å². The molecule has 1 N–H and O–H groups in total. The van der Waals surface area contributed by atoms with Gasteiger partial charge in [0.2, 0.25) is 5.91 Å². The zero-order valence-electron chi connectivity index (χ0n) is 13.5. The van der Waals surface area contributed by atoms with Gasteiger partial charge in [0, 0.05) is 0 Å². The third kappa shape index (κ3) is 2.01. The Morgan fingerprint density at radius 2 is 1.40 bits per heavy atom. The second-order valence-corrected chi connectivity index (χ2v) is 8.41. The van der Waals surface area contributed by atoms with Crippen molar-refractivity contribution in [1.29, 1.82) is 0 Å². The summed E-state index contributed by atoms with van der Waals surface area (Å²) in [5.41, 5.74) is 0.0127. The maximum absolute atomic E-state index is 13.0. The van der Waals surface area contributed by atoms with E-state index in [2.05, 4.69) is 26.5 Å². The van der Waals surface area contributed by atoms with Crippen LogP contribution >= 0.6 is 0 Å². The predicted octanol–water partition coefficient (Wildman–Crippen LogP) is 2.84. The summed E-state index contributed by atoms with van der Waals surface area (Å²) in [4.78, 5) is 13.0. The molecule has 114 valence electrons. The fourth-order valence-electron chi connectivity index (χ4n) is 5.82. The quantitative estimate of drug-likeness (QED) is 0.735. The van der Waals surface area contributed by atoms with E-state index in [0.717, 1.165) is 17.3 Å². The lowest BCUT2D eigenvalue weighted by Gasteiger charge is -2.50. The van der Waals surface area contributed by atoms with Crippen LogP contribution < -0.4 is 5.32 Å². The topological polar surface area (TPSA) is 29.1 Å². The van der Waals surface area contributed by atoms with Crippen LogP contribution in [0.25, 0.3) is 0 Å². The van der Waals surface area contributed by atoms with Gasteiger partial charge < -0.3 is 9.80 Å². The van der Waals surface area contributed by atoms with Crippen LogP contribution in [0.5, 0.6) is 0 Å². The van der Waals surface area contributed by atoms with E-state index >= 15 is 0 Å². The Labute approximate surface area is 123 Å². The first-order valence-electron chi connectivity index (χ1n) is 8.55. The fourth-order valence-corrected chi connectivity index (χ4v) is 5.82. The van der Waals surface area contributed by atoms with Gasteiger partial charge in [-0.25, -0.2) is 0 Å². The Morgan fingerprint density at radius 3 is 1.90 bits per heavy atom. The van der Waals surface area contributed by atoms with E-state index in [0.29, 0.717) is 11.9 Å². The number of hydrogen-bond acceptors (Lipinski definition) is 1. The number of likely N-dealkylation sites (N-methyl/N-ethyl adjacent to an activating group) is 1. The highest BCUT2D eigenvalue weighted by molar-refractivity contribution is 5.87. The first kappa shape index (κ1) is 14.4. The van der Waals surface area contributed by atoms with Crippen molar-refractivity contribution in [3.63, 3.8) is 0 Å². The van der Waals surface area contributed by atoms with Gasteiger partial charge in [-0.15, -0.1) is 0 Å². The van der Waals surface area contributed by atoms with Gasteiger partial charge >= 0.3 is 0 Å². The van der Waals surface area contributed by atoms with Crippen LogP contribution in [0.1, 0.15) is 64.2 Å². The average molecular weight is 279 g/mol. The minimum Gasteiger partial charge on any atom is -0.344 e. The Bertz CT molecular complexity index is 384. The number of carbonyl (C=O) groups excluding carboxylic acids is 1. The van der Waals surface area contributed by atoms with E-state index in [9.17, 15) is 4.79 Å². The van der Waals surface area contributed by atoms with Crippen molar-refractivity contribution < 1.29 is 9.28 Å². The second kappa shape index (κ2) is 4.72. The lowest BCUT2D eigenvalue weighted by molar-refractivity contribution is -0.906. The Hall–Kier alpha value is -0.570. The van der Waals surface area contributed by atoms with E-state index in [-0.39, 0.29) is 11.0 Å². The molecule has 0 bridgehead atoms. The van der Waals surface area contributed by atoms with E-state index in [1.807, 2.05) is 0 Å². The summed E-state index contributed by atoms with van der Waals surface area (Å²) in [6.07, 6.45) is 12.3. The Morgan fingerprint density at radius 1 is 0.900 bits per heavy atom. The number of hydrogen-bond donors (Lipinski definition) is 1. The highest BCUT2D eigenvalue weighted by atomic mass is 16.2. The average Bonchev–Trinajstić information content (AvgIpc) is 2.60. The molecule has 3 rings (SSSR count). The molecule has 2 aliphatic carbocycles. The summed E-state index contributed by atoms with van der Waals surface area (Å²) in [5.74, 6) is 0.386. The van der Waals surface area contributed by atoms with Crippen molar-refractivity contribution in [1.82, 2.24) is 5.32 Å². The van der Waals surface area contributed by atoms with Gasteiger partial charge in [0.1, 0.15) is 11.5 Å². The molecule has 1 atom stereocenters. The van der Waals surface area contributed by atoms with E-state index in [1.54, 1.807) is 0 Å². The lowest BCUT2D eigenvalue weighted by atomic mass is 9.62. The molecule has 0 radical (unpaired) electrons. The maximum atomic E-state index is 13.0. The van der Waals surface area contributed by atoms with Gasteiger partial charge in [-0.3, -0.25) is 4.79 Å².